The van der Waals surface area contributed by atoms with Gasteiger partial charge in [0, 0.05) is 46.7 Å². The zero-order valence-corrected chi connectivity index (χ0v) is 34.6. The number of anilines is 2. The summed E-state index contributed by atoms with van der Waals surface area (Å²) in [6.07, 6.45) is 3.58. The van der Waals surface area contributed by atoms with Crippen LogP contribution in [-0.2, 0) is 32.3 Å². The second-order valence-corrected chi connectivity index (χ2v) is 15.6. The third kappa shape index (κ3) is 8.56. The van der Waals surface area contributed by atoms with Crippen molar-refractivity contribution < 1.29 is 42.6 Å². The number of nitrogens with one attached hydrogen (secondary N) is 2. The predicted molar refractivity (Wildman–Crippen MR) is 234 cm³/mol. The summed E-state index contributed by atoms with van der Waals surface area (Å²) in [6, 6.07) is 29.3. The third-order valence-corrected chi connectivity index (χ3v) is 11.5. The Labute approximate surface area is 369 Å². The van der Waals surface area contributed by atoms with Crippen LogP contribution >= 0.6 is 0 Å². The molecule has 330 valence electrons. The van der Waals surface area contributed by atoms with E-state index in [0.717, 1.165) is 9.13 Å². The molecule has 4 aromatic carbocycles. The molecule has 0 saturated carbocycles. The number of likely N-dealkylation sites (tertiary alicyclic amines) is 2. The van der Waals surface area contributed by atoms with E-state index < -0.39 is 72.1 Å². The molecule has 0 aliphatic carbocycles. The number of carbonyl (C=O) groups is 4. The molecule has 2 atom stereocenters. The average Bonchev–Trinajstić information content (AvgIpc) is 4.19. The first kappa shape index (κ1) is 41.9. The van der Waals surface area contributed by atoms with Crippen molar-refractivity contribution in [2.45, 2.75) is 50.9 Å². The van der Waals surface area contributed by atoms with Gasteiger partial charge in [-0.2, -0.15) is 0 Å². The Bertz CT molecular complexity index is 2800. The van der Waals surface area contributed by atoms with Crippen LogP contribution in [0.4, 0.5) is 11.4 Å². The highest BCUT2D eigenvalue weighted by molar-refractivity contribution is 5.98. The lowest BCUT2D eigenvalue weighted by molar-refractivity contribution is -0.137. The average molecular weight is 880 g/mol. The van der Waals surface area contributed by atoms with E-state index in [1.165, 1.54) is 9.80 Å². The molecule has 0 bridgehead atoms. The normalized spacial score (nSPS) is 15.9. The molecule has 0 radical (unpaired) electrons. The lowest BCUT2D eigenvalue weighted by Crippen LogP contribution is -2.45. The summed E-state index contributed by atoms with van der Waals surface area (Å²) >= 11 is 0. The topological polar surface area (TPSA) is 236 Å². The standard InChI is InChI=1S/C47H41N7O11/c55-37(26-53-44(59)39(64-46(53)61)29-9-3-1-4-10-29)51-23-7-13-34(51)41(57)49-32-19-15-28(16-20-32)36-25-48-43(63-36)31-17-21-33(22-18-31)50-42(58)35-14-8-24-52(35)38(56)27-54-45(60)40(65-47(54)62)30-11-5-2-6-12-30/h1-6,9-12,15-22,25,34-35,59-60H,7-8,13-14,23-24,26-27H2,(H,49,57)(H,50,58)/t34-,35-/m0/s1. The molecule has 2 aliphatic rings. The van der Waals surface area contributed by atoms with E-state index in [9.17, 15) is 39.0 Å². The Hall–Kier alpha value is -8.41. The molecule has 4 N–H and O–H groups in total. The number of benzene rings is 4. The fraction of sp³-hybridized carbons (Fsp3) is 0.213. The van der Waals surface area contributed by atoms with Gasteiger partial charge in [0.25, 0.3) is 0 Å². The van der Waals surface area contributed by atoms with Gasteiger partial charge in [0.2, 0.25) is 41.3 Å². The predicted octanol–water partition coefficient (Wildman–Crippen LogP) is 5.52. The van der Waals surface area contributed by atoms with Gasteiger partial charge in [-0.25, -0.2) is 23.7 Å². The maximum absolute atomic E-state index is 13.4. The molecular weight excluding hydrogens is 839 g/mol. The van der Waals surface area contributed by atoms with Crippen molar-refractivity contribution in [3.63, 3.8) is 0 Å². The molecule has 2 aliphatic heterocycles. The lowest BCUT2D eigenvalue weighted by Gasteiger charge is -2.24. The van der Waals surface area contributed by atoms with Crippen molar-refractivity contribution in [3.05, 3.63) is 136 Å². The van der Waals surface area contributed by atoms with Crippen molar-refractivity contribution in [2.24, 2.45) is 0 Å². The van der Waals surface area contributed by atoms with Gasteiger partial charge in [-0.05, 0) is 74.2 Å². The number of carbonyl (C=O) groups excluding carboxylic acids is 4. The van der Waals surface area contributed by atoms with Crippen LogP contribution in [0.25, 0.3) is 45.4 Å². The van der Waals surface area contributed by atoms with Crippen LogP contribution in [0.5, 0.6) is 11.8 Å². The van der Waals surface area contributed by atoms with Crippen molar-refractivity contribution in [2.75, 3.05) is 23.7 Å². The van der Waals surface area contributed by atoms with Gasteiger partial charge < -0.3 is 43.9 Å². The Morgan fingerprint density at radius 2 is 1.00 bits per heavy atom. The Balaban J connectivity index is 0.784. The number of amides is 4. The lowest BCUT2D eigenvalue weighted by atomic mass is 10.1. The van der Waals surface area contributed by atoms with E-state index in [1.54, 1.807) is 115 Å². The quantitative estimate of drug-likeness (QED) is 0.119. The Morgan fingerprint density at radius 3 is 1.45 bits per heavy atom. The maximum atomic E-state index is 13.4. The summed E-state index contributed by atoms with van der Waals surface area (Å²) in [4.78, 5) is 85.8. The number of rotatable bonds is 12. The van der Waals surface area contributed by atoms with E-state index in [4.69, 9.17) is 13.3 Å². The van der Waals surface area contributed by atoms with Gasteiger partial charge in [-0.15, -0.1) is 0 Å². The van der Waals surface area contributed by atoms with Crippen molar-refractivity contribution in [3.8, 4) is 57.2 Å². The largest absolute Gasteiger partial charge is 0.492 e. The first-order valence-corrected chi connectivity index (χ1v) is 20.9. The van der Waals surface area contributed by atoms with Gasteiger partial charge in [-0.3, -0.25) is 19.2 Å². The highest BCUT2D eigenvalue weighted by Crippen LogP contribution is 2.32. The van der Waals surface area contributed by atoms with Crippen LogP contribution in [-0.4, -0.2) is 82.9 Å². The summed E-state index contributed by atoms with van der Waals surface area (Å²) in [6.45, 7) is -0.368. The van der Waals surface area contributed by atoms with Gasteiger partial charge in [0.15, 0.2) is 17.3 Å². The number of nitrogens with zero attached hydrogens (tertiary/aromatic N) is 5. The first-order valence-electron chi connectivity index (χ1n) is 20.9. The number of hydrogen-bond acceptors (Lipinski definition) is 12. The fourth-order valence-corrected chi connectivity index (χ4v) is 8.16. The summed E-state index contributed by atoms with van der Waals surface area (Å²) in [7, 11) is 0. The minimum atomic E-state index is -0.886. The molecule has 7 aromatic rings. The SMILES string of the molecule is O=C(Nc1ccc(-c2cnc(-c3ccc(NC(=O)[C@@H]4CCCN4C(=O)Cn4c(O)c(-c5ccccc5)oc4=O)cc3)o2)cc1)[C@@H]1CCCN1C(=O)Cn1c(O)c(-c2ccccc2)oc1=O. The minimum absolute atomic E-state index is 0.0437. The third-order valence-electron chi connectivity index (χ3n) is 11.5. The molecule has 9 rings (SSSR count). The summed E-state index contributed by atoms with van der Waals surface area (Å²) in [5, 5.41) is 27.1. The fourth-order valence-electron chi connectivity index (χ4n) is 8.16. The van der Waals surface area contributed by atoms with E-state index in [-0.39, 0.29) is 11.5 Å². The molecule has 3 aromatic heterocycles. The first-order chi connectivity index (χ1) is 31.5. The molecule has 0 spiro atoms. The molecule has 2 saturated heterocycles. The highest BCUT2D eigenvalue weighted by Gasteiger charge is 2.36. The number of aromatic hydroxyl groups is 2. The number of aromatic nitrogens is 3. The van der Waals surface area contributed by atoms with E-state index >= 15 is 0 Å². The van der Waals surface area contributed by atoms with Crippen LogP contribution in [0.15, 0.2) is 138 Å². The molecule has 2 fully saturated rings. The van der Waals surface area contributed by atoms with Crippen LogP contribution in [0.2, 0.25) is 0 Å². The number of hydrogen-bond donors (Lipinski definition) is 4. The molecular formula is C47H41N7O11. The van der Waals surface area contributed by atoms with Crippen LogP contribution in [0.3, 0.4) is 0 Å². The molecule has 65 heavy (non-hydrogen) atoms. The maximum Gasteiger partial charge on any atom is 0.422 e. The zero-order valence-electron chi connectivity index (χ0n) is 34.6. The zero-order chi connectivity index (χ0) is 45.2. The summed E-state index contributed by atoms with van der Waals surface area (Å²) in [5.74, 6) is -3.82. The van der Waals surface area contributed by atoms with Gasteiger partial charge in [-0.1, -0.05) is 60.7 Å². The molecule has 18 heteroatoms. The molecule has 18 nitrogen and oxygen atoms in total. The summed E-state index contributed by atoms with van der Waals surface area (Å²) in [5.41, 5.74) is 3.25. The van der Waals surface area contributed by atoms with Crippen molar-refractivity contribution in [1.29, 1.82) is 0 Å². The van der Waals surface area contributed by atoms with Crippen molar-refractivity contribution in [1.82, 2.24) is 23.9 Å². The molecule has 0 unspecified atom stereocenters. The minimum Gasteiger partial charge on any atom is -0.492 e. The van der Waals surface area contributed by atoms with Crippen LogP contribution in [0, 0.1) is 0 Å². The van der Waals surface area contributed by atoms with E-state index in [0.29, 0.717) is 84.1 Å². The second kappa shape index (κ2) is 17.8. The highest BCUT2D eigenvalue weighted by atomic mass is 16.4. The summed E-state index contributed by atoms with van der Waals surface area (Å²) < 4.78 is 18.2. The van der Waals surface area contributed by atoms with Gasteiger partial charge in [0.1, 0.15) is 25.2 Å². The van der Waals surface area contributed by atoms with Crippen LogP contribution in [0.1, 0.15) is 25.7 Å². The smallest absolute Gasteiger partial charge is 0.422 e. The van der Waals surface area contributed by atoms with Gasteiger partial charge >= 0.3 is 11.5 Å². The van der Waals surface area contributed by atoms with Crippen molar-refractivity contribution >= 4 is 35.0 Å². The number of oxazole rings is 3. The van der Waals surface area contributed by atoms with E-state index in [2.05, 4.69) is 15.6 Å². The monoisotopic (exact) mass is 879 g/mol. The Morgan fingerprint density at radius 1 is 0.569 bits per heavy atom. The Kier molecular flexibility index (Phi) is 11.5. The second-order valence-electron chi connectivity index (χ2n) is 15.6. The van der Waals surface area contributed by atoms with Gasteiger partial charge in [0.05, 0.1) is 6.20 Å². The molecule has 5 heterocycles. The van der Waals surface area contributed by atoms with E-state index in [1.807, 2.05) is 0 Å². The molecule has 4 amide bonds. The van der Waals surface area contributed by atoms with Crippen LogP contribution < -0.4 is 22.1 Å².